The lowest BCUT2D eigenvalue weighted by Gasteiger charge is -2.24. The van der Waals surface area contributed by atoms with E-state index in [-0.39, 0.29) is 18.7 Å². The number of benzene rings is 2. The summed E-state index contributed by atoms with van der Waals surface area (Å²) < 4.78 is 21.3. The van der Waals surface area contributed by atoms with Crippen LogP contribution in [0.4, 0.5) is 15.6 Å². The van der Waals surface area contributed by atoms with Crippen LogP contribution in [0.5, 0.6) is 23.0 Å². The summed E-state index contributed by atoms with van der Waals surface area (Å²) in [5.74, 6) is 2.08. The number of anilines is 2. The Kier molecular flexibility index (Phi) is 6.27. The van der Waals surface area contributed by atoms with E-state index in [1.807, 2.05) is 18.2 Å². The average molecular weight is 498 g/mol. The molecule has 5 rings (SSSR count). The fourth-order valence-corrected chi connectivity index (χ4v) is 4.72. The van der Waals surface area contributed by atoms with Gasteiger partial charge in [-0.15, -0.1) is 10.2 Å². The van der Waals surface area contributed by atoms with Crippen LogP contribution in [0.2, 0.25) is 0 Å². The van der Waals surface area contributed by atoms with Crippen LogP contribution >= 0.6 is 11.3 Å². The predicted molar refractivity (Wildman–Crippen MR) is 128 cm³/mol. The fourth-order valence-electron chi connectivity index (χ4n) is 3.98. The molecule has 3 heterocycles. The second-order valence-electron chi connectivity index (χ2n) is 7.82. The number of hydrogen-bond acceptors (Lipinski definition) is 9. The molecule has 0 saturated carbocycles. The van der Waals surface area contributed by atoms with Crippen LogP contribution in [0.1, 0.15) is 12.8 Å². The van der Waals surface area contributed by atoms with Crippen molar-refractivity contribution in [3.05, 3.63) is 36.4 Å². The van der Waals surface area contributed by atoms with Gasteiger partial charge in [-0.1, -0.05) is 11.3 Å². The Morgan fingerprint density at radius 1 is 1.06 bits per heavy atom. The molecule has 1 atom stereocenters. The number of ether oxygens (including phenoxy) is 4. The number of rotatable bonds is 6. The second-order valence-corrected chi connectivity index (χ2v) is 8.79. The molecule has 0 aliphatic carbocycles. The summed E-state index contributed by atoms with van der Waals surface area (Å²) in [5.41, 5.74) is 1.30. The van der Waals surface area contributed by atoms with Crippen molar-refractivity contribution in [3.8, 4) is 33.6 Å². The molecule has 0 unspecified atom stereocenters. The predicted octanol–water partition coefficient (Wildman–Crippen LogP) is 3.59. The summed E-state index contributed by atoms with van der Waals surface area (Å²) in [6, 6.07) is 9.57. The Morgan fingerprint density at radius 3 is 2.74 bits per heavy atom. The molecule has 0 spiro atoms. The van der Waals surface area contributed by atoms with Crippen LogP contribution in [0.25, 0.3) is 10.6 Å². The van der Waals surface area contributed by atoms with Gasteiger partial charge in [0.2, 0.25) is 17.8 Å². The van der Waals surface area contributed by atoms with Crippen molar-refractivity contribution in [1.82, 2.24) is 15.1 Å². The summed E-state index contributed by atoms with van der Waals surface area (Å²) in [4.78, 5) is 27.5. The maximum absolute atomic E-state index is 13.0. The summed E-state index contributed by atoms with van der Waals surface area (Å²) in [5, 5.41) is 14.9. The number of methoxy groups -OCH3 is 2. The first kappa shape index (κ1) is 22.7. The van der Waals surface area contributed by atoms with Crippen LogP contribution in [0.3, 0.4) is 0 Å². The van der Waals surface area contributed by atoms with Gasteiger partial charge in [0.15, 0.2) is 11.5 Å². The Balaban J connectivity index is 1.25. The lowest BCUT2D eigenvalue weighted by atomic mass is 10.2. The normalized spacial score (nSPS) is 16.2. The monoisotopic (exact) mass is 497 g/mol. The minimum atomic E-state index is -0.628. The summed E-state index contributed by atoms with van der Waals surface area (Å²) in [7, 11) is 3.06. The second kappa shape index (κ2) is 9.66. The van der Waals surface area contributed by atoms with Gasteiger partial charge >= 0.3 is 6.03 Å². The number of fused-ring (bicyclic) bond motifs is 1. The van der Waals surface area contributed by atoms with Crippen molar-refractivity contribution in [2.45, 2.75) is 18.9 Å². The zero-order valence-electron chi connectivity index (χ0n) is 19.1. The number of urea groups is 1. The molecule has 2 aromatic carbocycles. The molecule has 3 amide bonds. The van der Waals surface area contributed by atoms with E-state index >= 15 is 0 Å². The van der Waals surface area contributed by atoms with E-state index in [0.29, 0.717) is 58.2 Å². The number of carbonyl (C=O) groups excluding carboxylic acids is 2. The van der Waals surface area contributed by atoms with E-state index in [1.54, 1.807) is 25.3 Å². The summed E-state index contributed by atoms with van der Waals surface area (Å²) in [6.07, 6.45) is 1.26. The maximum Gasteiger partial charge on any atom is 0.322 e. The lowest BCUT2D eigenvalue weighted by molar-refractivity contribution is -0.119. The number of nitrogens with one attached hydrogen (secondary N) is 2. The van der Waals surface area contributed by atoms with Crippen LogP contribution in [0.15, 0.2) is 36.4 Å². The van der Waals surface area contributed by atoms with E-state index < -0.39 is 6.04 Å². The topological polar surface area (TPSA) is 124 Å². The first-order chi connectivity index (χ1) is 17.1. The number of amides is 3. The quantitative estimate of drug-likeness (QED) is 0.530. The number of likely N-dealkylation sites (tertiary alicyclic amines) is 1. The Bertz CT molecular complexity index is 1260. The highest BCUT2D eigenvalue weighted by Crippen LogP contribution is 2.37. The molecule has 11 nitrogen and oxygen atoms in total. The highest BCUT2D eigenvalue weighted by molar-refractivity contribution is 7.18. The fraction of sp³-hybridized carbons (Fsp3) is 0.304. The van der Waals surface area contributed by atoms with Crippen molar-refractivity contribution in [2.24, 2.45) is 0 Å². The molecule has 1 saturated heterocycles. The third kappa shape index (κ3) is 4.64. The lowest BCUT2D eigenvalue weighted by Crippen LogP contribution is -2.45. The minimum Gasteiger partial charge on any atom is -0.497 e. The largest absolute Gasteiger partial charge is 0.497 e. The smallest absolute Gasteiger partial charge is 0.322 e. The number of carbonyl (C=O) groups is 2. The van der Waals surface area contributed by atoms with Crippen molar-refractivity contribution < 1.29 is 28.5 Å². The van der Waals surface area contributed by atoms with E-state index in [0.717, 1.165) is 5.56 Å². The molecular formula is C23H23N5O6S. The molecule has 2 N–H and O–H groups in total. The van der Waals surface area contributed by atoms with Crippen molar-refractivity contribution in [1.29, 1.82) is 0 Å². The third-order valence-electron chi connectivity index (χ3n) is 5.74. The van der Waals surface area contributed by atoms with Gasteiger partial charge in [-0.25, -0.2) is 4.79 Å². The van der Waals surface area contributed by atoms with Gasteiger partial charge < -0.3 is 29.2 Å². The standard InChI is InChI=1S/C23H23N5O6S/c1-31-14-6-7-15(18(11-14)32-2)24-23(30)28-9-3-4-16(28)20(29)25-22-27-26-21(35-22)13-5-8-17-19(10-13)34-12-33-17/h5-8,10-11,16H,3-4,9,12H2,1-2H3,(H,24,30)(H,25,27,29)/t16-/m1/s1. The number of nitrogens with zero attached hydrogens (tertiary/aromatic N) is 3. The van der Waals surface area contributed by atoms with Gasteiger partial charge in [0.1, 0.15) is 22.5 Å². The molecule has 1 fully saturated rings. The van der Waals surface area contributed by atoms with Crippen molar-refractivity contribution in [2.75, 3.05) is 38.2 Å². The molecule has 0 radical (unpaired) electrons. The molecule has 2 aliphatic rings. The first-order valence-electron chi connectivity index (χ1n) is 10.9. The van der Waals surface area contributed by atoms with Gasteiger partial charge in [-0.3, -0.25) is 10.1 Å². The molecular weight excluding hydrogens is 474 g/mol. The summed E-state index contributed by atoms with van der Waals surface area (Å²) >= 11 is 1.24. The maximum atomic E-state index is 13.0. The molecule has 1 aromatic heterocycles. The Labute approximate surface area is 205 Å². The van der Waals surface area contributed by atoms with Crippen LogP contribution < -0.4 is 29.6 Å². The van der Waals surface area contributed by atoms with Gasteiger partial charge in [-0.2, -0.15) is 0 Å². The summed E-state index contributed by atoms with van der Waals surface area (Å²) in [6.45, 7) is 0.647. The van der Waals surface area contributed by atoms with Crippen molar-refractivity contribution in [3.63, 3.8) is 0 Å². The number of hydrogen-bond donors (Lipinski definition) is 2. The van der Waals surface area contributed by atoms with Crippen LogP contribution in [-0.2, 0) is 4.79 Å². The molecule has 0 bridgehead atoms. The average Bonchev–Trinajstić information content (AvgIpc) is 3.64. The van der Waals surface area contributed by atoms with E-state index in [2.05, 4.69) is 20.8 Å². The van der Waals surface area contributed by atoms with Crippen LogP contribution in [0, 0.1) is 0 Å². The van der Waals surface area contributed by atoms with E-state index in [4.69, 9.17) is 18.9 Å². The highest BCUT2D eigenvalue weighted by Gasteiger charge is 2.35. The van der Waals surface area contributed by atoms with Gasteiger partial charge in [0.25, 0.3) is 0 Å². The number of aromatic nitrogens is 2. The Hall–Kier alpha value is -4.06. The molecule has 2 aliphatic heterocycles. The molecule has 35 heavy (non-hydrogen) atoms. The zero-order valence-corrected chi connectivity index (χ0v) is 19.9. The van der Waals surface area contributed by atoms with Crippen molar-refractivity contribution >= 4 is 34.1 Å². The molecule has 3 aromatic rings. The third-order valence-corrected chi connectivity index (χ3v) is 6.63. The SMILES string of the molecule is COc1ccc(NC(=O)N2CCC[C@@H]2C(=O)Nc2nnc(-c3ccc4c(c3)OCO4)s2)c(OC)c1. The van der Waals surface area contributed by atoms with Gasteiger partial charge in [-0.05, 0) is 43.2 Å². The van der Waals surface area contributed by atoms with Gasteiger partial charge in [0, 0.05) is 18.2 Å². The first-order valence-corrected chi connectivity index (χ1v) is 11.7. The molecule has 12 heteroatoms. The van der Waals surface area contributed by atoms with E-state index in [9.17, 15) is 9.59 Å². The zero-order chi connectivity index (χ0) is 24.4. The van der Waals surface area contributed by atoms with Crippen LogP contribution in [-0.4, -0.2) is 60.6 Å². The minimum absolute atomic E-state index is 0.187. The van der Waals surface area contributed by atoms with E-state index in [1.165, 1.54) is 23.3 Å². The molecule has 182 valence electrons. The highest BCUT2D eigenvalue weighted by atomic mass is 32.1. The van der Waals surface area contributed by atoms with Gasteiger partial charge in [0.05, 0.1) is 19.9 Å². The Morgan fingerprint density at radius 2 is 1.91 bits per heavy atom.